The molecule has 0 bridgehead atoms. The summed E-state index contributed by atoms with van der Waals surface area (Å²) in [6, 6.07) is 5.96. The minimum atomic E-state index is -1.05. The Morgan fingerprint density at radius 2 is 1.91 bits per heavy atom. The van der Waals surface area contributed by atoms with E-state index in [1.807, 2.05) is 11.6 Å². The molecule has 2 N–H and O–H groups in total. The first-order chi connectivity index (χ1) is 10.3. The van der Waals surface area contributed by atoms with Gasteiger partial charge in [0, 0.05) is 30.9 Å². The average Bonchev–Trinajstić information content (AvgIpc) is 2.75. The Bertz CT molecular complexity index is 632. The zero-order chi connectivity index (χ0) is 16.3. The predicted molar refractivity (Wildman–Crippen MR) is 85.1 cm³/mol. The van der Waals surface area contributed by atoms with Crippen molar-refractivity contribution in [3.05, 3.63) is 52.6 Å². The molecule has 22 heavy (non-hydrogen) atoms. The van der Waals surface area contributed by atoms with Gasteiger partial charge in [0.1, 0.15) is 5.82 Å². The van der Waals surface area contributed by atoms with Crippen LogP contribution in [0.4, 0.5) is 4.39 Å². The van der Waals surface area contributed by atoms with Gasteiger partial charge in [0.2, 0.25) is 0 Å². The maximum absolute atomic E-state index is 13.0. The Labute approximate surface area is 131 Å². The first-order valence-electron chi connectivity index (χ1n) is 7.57. The second-order valence-electron chi connectivity index (χ2n) is 5.85. The normalized spacial score (nSPS) is 14.1. The molecule has 1 atom stereocenters. The molecule has 1 heterocycles. The lowest BCUT2D eigenvalue weighted by Gasteiger charge is -2.24. The summed E-state index contributed by atoms with van der Waals surface area (Å²) >= 11 is 0. The third-order valence-electron chi connectivity index (χ3n) is 4.07. The van der Waals surface area contributed by atoms with E-state index in [0.717, 1.165) is 23.5 Å². The number of nitrogens with one attached hydrogen (secondary N) is 1. The van der Waals surface area contributed by atoms with E-state index in [9.17, 15) is 9.50 Å². The Balaban J connectivity index is 2.01. The van der Waals surface area contributed by atoms with Gasteiger partial charge in [-0.1, -0.05) is 12.1 Å². The van der Waals surface area contributed by atoms with Crippen molar-refractivity contribution in [1.82, 2.24) is 15.1 Å². The van der Waals surface area contributed by atoms with Crippen LogP contribution in [0, 0.1) is 19.7 Å². The van der Waals surface area contributed by atoms with Gasteiger partial charge < -0.3 is 10.4 Å². The summed E-state index contributed by atoms with van der Waals surface area (Å²) < 4.78 is 14.9. The second kappa shape index (κ2) is 6.58. The summed E-state index contributed by atoms with van der Waals surface area (Å²) in [5.74, 6) is -0.300. The van der Waals surface area contributed by atoms with Crippen molar-refractivity contribution < 1.29 is 9.50 Å². The molecule has 0 spiro atoms. The zero-order valence-electron chi connectivity index (χ0n) is 13.7. The standard InChI is InChI=1S/C17H24FN3O/c1-5-21-13(3)16(12(2)20-21)10-19-11-17(4,22)14-6-8-15(18)9-7-14/h6-9,19,22H,5,10-11H2,1-4H3. The van der Waals surface area contributed by atoms with Crippen molar-refractivity contribution in [2.75, 3.05) is 6.54 Å². The molecule has 0 amide bonds. The van der Waals surface area contributed by atoms with Crippen molar-refractivity contribution in [1.29, 1.82) is 0 Å². The molecule has 0 fully saturated rings. The first-order valence-corrected chi connectivity index (χ1v) is 7.57. The van der Waals surface area contributed by atoms with Gasteiger partial charge in [-0.05, 0) is 45.4 Å². The fourth-order valence-corrected chi connectivity index (χ4v) is 2.64. The summed E-state index contributed by atoms with van der Waals surface area (Å²) in [4.78, 5) is 0. The van der Waals surface area contributed by atoms with Crippen LogP contribution in [0.15, 0.2) is 24.3 Å². The third-order valence-corrected chi connectivity index (χ3v) is 4.07. The average molecular weight is 305 g/mol. The van der Waals surface area contributed by atoms with Gasteiger partial charge in [-0.3, -0.25) is 4.68 Å². The van der Waals surface area contributed by atoms with E-state index >= 15 is 0 Å². The zero-order valence-corrected chi connectivity index (χ0v) is 13.7. The van der Waals surface area contributed by atoms with Gasteiger partial charge in [-0.15, -0.1) is 0 Å². The molecule has 0 saturated carbocycles. The molecule has 1 aromatic carbocycles. The summed E-state index contributed by atoms with van der Waals surface area (Å²) in [6.45, 7) is 9.72. The third kappa shape index (κ3) is 3.54. The van der Waals surface area contributed by atoms with Gasteiger partial charge in [0.05, 0.1) is 11.3 Å². The van der Waals surface area contributed by atoms with E-state index in [2.05, 4.69) is 24.3 Å². The fourth-order valence-electron chi connectivity index (χ4n) is 2.64. The molecular weight excluding hydrogens is 281 g/mol. The van der Waals surface area contributed by atoms with E-state index in [1.165, 1.54) is 12.1 Å². The number of hydrogen-bond acceptors (Lipinski definition) is 3. The quantitative estimate of drug-likeness (QED) is 0.862. The van der Waals surface area contributed by atoms with Gasteiger partial charge in [-0.2, -0.15) is 5.10 Å². The molecule has 0 aliphatic carbocycles. The van der Waals surface area contributed by atoms with Crippen LogP contribution in [0.1, 0.15) is 36.4 Å². The van der Waals surface area contributed by atoms with Gasteiger partial charge in [0.25, 0.3) is 0 Å². The second-order valence-corrected chi connectivity index (χ2v) is 5.85. The topological polar surface area (TPSA) is 50.1 Å². The maximum atomic E-state index is 13.0. The number of halogens is 1. The lowest BCUT2D eigenvalue weighted by molar-refractivity contribution is 0.0566. The summed E-state index contributed by atoms with van der Waals surface area (Å²) in [5, 5.41) is 18.3. The minimum absolute atomic E-state index is 0.300. The van der Waals surface area contributed by atoms with Crippen LogP contribution < -0.4 is 5.32 Å². The van der Waals surface area contributed by atoms with E-state index in [-0.39, 0.29) is 5.82 Å². The van der Waals surface area contributed by atoms with Crippen molar-refractivity contribution in [3.8, 4) is 0 Å². The highest BCUT2D eigenvalue weighted by Gasteiger charge is 2.23. The van der Waals surface area contributed by atoms with Gasteiger partial charge in [-0.25, -0.2) is 4.39 Å². The van der Waals surface area contributed by atoms with Crippen LogP contribution in [0.25, 0.3) is 0 Å². The molecule has 0 radical (unpaired) electrons. The summed E-state index contributed by atoms with van der Waals surface area (Å²) in [6.07, 6.45) is 0. The van der Waals surface area contributed by atoms with Crippen LogP contribution in [0.5, 0.6) is 0 Å². The van der Waals surface area contributed by atoms with Crippen LogP contribution in [-0.2, 0) is 18.7 Å². The molecule has 5 heteroatoms. The minimum Gasteiger partial charge on any atom is -0.384 e. The number of aryl methyl sites for hydroxylation is 2. The van der Waals surface area contributed by atoms with Gasteiger partial charge in [0.15, 0.2) is 0 Å². The number of rotatable bonds is 6. The van der Waals surface area contributed by atoms with Crippen LogP contribution in [-0.4, -0.2) is 21.4 Å². The summed E-state index contributed by atoms with van der Waals surface area (Å²) in [7, 11) is 0. The van der Waals surface area contributed by atoms with E-state index in [1.54, 1.807) is 19.1 Å². The Kier molecular flexibility index (Phi) is 4.98. The predicted octanol–water partition coefficient (Wildman–Crippen LogP) is 2.66. The molecule has 4 nitrogen and oxygen atoms in total. The molecule has 0 aliphatic heterocycles. The molecule has 1 aromatic heterocycles. The van der Waals surface area contributed by atoms with Crippen molar-refractivity contribution in [2.45, 2.75) is 46.4 Å². The lowest BCUT2D eigenvalue weighted by Crippen LogP contribution is -2.35. The Morgan fingerprint density at radius 3 is 2.45 bits per heavy atom. The summed E-state index contributed by atoms with van der Waals surface area (Å²) in [5.41, 5.74) is 2.97. The van der Waals surface area contributed by atoms with Crippen molar-refractivity contribution >= 4 is 0 Å². The fraction of sp³-hybridized carbons (Fsp3) is 0.471. The molecule has 0 saturated heterocycles. The van der Waals surface area contributed by atoms with E-state index in [0.29, 0.717) is 18.7 Å². The molecular formula is C17H24FN3O. The number of nitrogens with zero attached hydrogens (tertiary/aromatic N) is 2. The monoisotopic (exact) mass is 305 g/mol. The highest BCUT2D eigenvalue weighted by Crippen LogP contribution is 2.20. The van der Waals surface area contributed by atoms with E-state index < -0.39 is 5.60 Å². The smallest absolute Gasteiger partial charge is 0.123 e. The molecule has 2 rings (SSSR count). The van der Waals surface area contributed by atoms with E-state index in [4.69, 9.17) is 0 Å². The van der Waals surface area contributed by atoms with Gasteiger partial charge >= 0.3 is 0 Å². The van der Waals surface area contributed by atoms with Crippen LogP contribution >= 0.6 is 0 Å². The Morgan fingerprint density at radius 1 is 1.27 bits per heavy atom. The highest BCUT2D eigenvalue weighted by molar-refractivity contribution is 5.25. The maximum Gasteiger partial charge on any atom is 0.123 e. The van der Waals surface area contributed by atoms with Crippen LogP contribution in [0.3, 0.4) is 0 Å². The lowest BCUT2D eigenvalue weighted by atomic mass is 9.96. The number of hydrogen-bond donors (Lipinski definition) is 2. The SMILES string of the molecule is CCn1nc(C)c(CNCC(C)(O)c2ccc(F)cc2)c1C. The van der Waals surface area contributed by atoms with Crippen LogP contribution in [0.2, 0.25) is 0 Å². The Hall–Kier alpha value is -1.72. The molecule has 120 valence electrons. The van der Waals surface area contributed by atoms with Crippen molar-refractivity contribution in [3.63, 3.8) is 0 Å². The molecule has 0 aliphatic rings. The number of benzene rings is 1. The van der Waals surface area contributed by atoms with Crippen molar-refractivity contribution in [2.24, 2.45) is 0 Å². The largest absolute Gasteiger partial charge is 0.384 e. The number of aromatic nitrogens is 2. The number of aliphatic hydroxyl groups is 1. The first kappa shape index (κ1) is 16.6. The highest BCUT2D eigenvalue weighted by atomic mass is 19.1. The molecule has 1 unspecified atom stereocenters. The molecule has 2 aromatic rings.